The predicted octanol–water partition coefficient (Wildman–Crippen LogP) is 4.14. The summed E-state index contributed by atoms with van der Waals surface area (Å²) in [4.78, 5) is 2.50. The average Bonchev–Trinajstić information content (AvgIpc) is 2.30. The molecule has 1 aromatic rings. The van der Waals surface area contributed by atoms with Crippen molar-refractivity contribution in [2.45, 2.75) is 12.8 Å². The van der Waals surface area contributed by atoms with E-state index in [1.165, 1.54) is 40.5 Å². The Kier molecular flexibility index (Phi) is 7.78. The van der Waals surface area contributed by atoms with Gasteiger partial charge in [0.05, 0.1) is 0 Å². The van der Waals surface area contributed by atoms with Crippen molar-refractivity contribution in [3.8, 4) is 0 Å². The highest BCUT2D eigenvalue weighted by Crippen LogP contribution is 2.14. The van der Waals surface area contributed by atoms with Crippen LogP contribution in [0.4, 0.5) is 5.69 Å². The fourth-order valence-electron chi connectivity index (χ4n) is 1.51. The maximum Gasteiger partial charge on any atom is 0.0366 e. The molecule has 0 saturated heterocycles. The molecular weight excluding hydrogens is 412 g/mol. The van der Waals surface area contributed by atoms with Crippen LogP contribution in [0.3, 0.4) is 0 Å². The minimum absolute atomic E-state index is 1.18. The standard InChI is InChI=1S/C12H17I2N/c13-8-4-10-15(11-5-9-14)12-6-2-1-3-7-12/h1-3,6-7H,4-5,8-11H2. The van der Waals surface area contributed by atoms with Crippen LogP contribution in [-0.4, -0.2) is 21.9 Å². The van der Waals surface area contributed by atoms with Crippen molar-refractivity contribution in [3.63, 3.8) is 0 Å². The maximum absolute atomic E-state index is 2.50. The van der Waals surface area contributed by atoms with Gasteiger partial charge in [-0.1, -0.05) is 63.4 Å². The zero-order chi connectivity index (χ0) is 10.9. The molecule has 1 aromatic carbocycles. The van der Waals surface area contributed by atoms with Crippen LogP contribution in [0, 0.1) is 0 Å². The molecule has 0 amide bonds. The summed E-state index contributed by atoms with van der Waals surface area (Å²) in [5, 5.41) is 0. The Morgan fingerprint density at radius 2 is 1.40 bits per heavy atom. The van der Waals surface area contributed by atoms with Gasteiger partial charge in [-0.2, -0.15) is 0 Å². The predicted molar refractivity (Wildman–Crippen MR) is 85.7 cm³/mol. The van der Waals surface area contributed by atoms with Gasteiger partial charge in [-0.05, 0) is 25.0 Å². The van der Waals surface area contributed by atoms with E-state index in [1.807, 2.05) is 0 Å². The zero-order valence-electron chi connectivity index (χ0n) is 8.83. The quantitative estimate of drug-likeness (QED) is 0.466. The Balaban J connectivity index is 2.55. The highest BCUT2D eigenvalue weighted by molar-refractivity contribution is 14.1. The Morgan fingerprint density at radius 1 is 0.867 bits per heavy atom. The van der Waals surface area contributed by atoms with E-state index in [4.69, 9.17) is 0 Å². The number of hydrogen-bond donors (Lipinski definition) is 0. The van der Waals surface area contributed by atoms with E-state index in [0.29, 0.717) is 0 Å². The smallest absolute Gasteiger partial charge is 0.0366 e. The lowest BCUT2D eigenvalue weighted by atomic mass is 10.2. The fraction of sp³-hybridized carbons (Fsp3) is 0.500. The van der Waals surface area contributed by atoms with Crippen LogP contribution in [0.15, 0.2) is 30.3 Å². The average molecular weight is 429 g/mol. The highest BCUT2D eigenvalue weighted by atomic mass is 127. The minimum Gasteiger partial charge on any atom is -0.371 e. The second-order valence-electron chi connectivity index (χ2n) is 3.41. The van der Waals surface area contributed by atoms with Gasteiger partial charge in [0.25, 0.3) is 0 Å². The second-order valence-corrected chi connectivity index (χ2v) is 5.57. The normalized spacial score (nSPS) is 10.3. The molecule has 0 radical (unpaired) electrons. The first-order chi connectivity index (χ1) is 7.38. The van der Waals surface area contributed by atoms with Crippen molar-refractivity contribution in [2.24, 2.45) is 0 Å². The molecule has 0 N–H and O–H groups in total. The van der Waals surface area contributed by atoms with Gasteiger partial charge < -0.3 is 4.90 Å². The second kappa shape index (κ2) is 8.61. The van der Waals surface area contributed by atoms with Crippen molar-refractivity contribution in [2.75, 3.05) is 26.8 Å². The molecule has 84 valence electrons. The summed E-state index contributed by atoms with van der Waals surface area (Å²) >= 11 is 4.90. The first kappa shape index (κ1) is 13.5. The van der Waals surface area contributed by atoms with Gasteiger partial charge in [-0.25, -0.2) is 0 Å². The van der Waals surface area contributed by atoms with Crippen LogP contribution in [0.2, 0.25) is 0 Å². The summed E-state index contributed by atoms with van der Waals surface area (Å²) in [5.41, 5.74) is 1.37. The lowest BCUT2D eigenvalue weighted by molar-refractivity contribution is 0.758. The molecule has 0 fully saturated rings. The molecule has 0 aliphatic carbocycles. The molecule has 0 aliphatic rings. The van der Waals surface area contributed by atoms with Gasteiger partial charge in [0.2, 0.25) is 0 Å². The molecule has 0 bridgehead atoms. The SMILES string of the molecule is ICCCN(CCCI)c1ccccc1. The van der Waals surface area contributed by atoms with Gasteiger partial charge in [0.1, 0.15) is 0 Å². The Bertz CT molecular complexity index is 243. The van der Waals surface area contributed by atoms with E-state index in [0.717, 1.165) is 0 Å². The van der Waals surface area contributed by atoms with Crippen molar-refractivity contribution in [1.82, 2.24) is 0 Å². The third kappa shape index (κ3) is 5.38. The fourth-order valence-corrected chi connectivity index (χ4v) is 2.19. The molecule has 0 atom stereocenters. The van der Waals surface area contributed by atoms with Gasteiger partial charge in [-0.3, -0.25) is 0 Å². The molecule has 0 spiro atoms. The summed E-state index contributed by atoms with van der Waals surface area (Å²) < 4.78 is 2.48. The van der Waals surface area contributed by atoms with E-state index in [2.05, 4.69) is 80.4 Å². The first-order valence-corrected chi connectivity index (χ1v) is 8.35. The van der Waals surface area contributed by atoms with E-state index < -0.39 is 0 Å². The summed E-state index contributed by atoms with van der Waals surface area (Å²) in [5.74, 6) is 0. The first-order valence-electron chi connectivity index (χ1n) is 5.30. The number of hydrogen-bond acceptors (Lipinski definition) is 1. The number of halogens is 2. The van der Waals surface area contributed by atoms with Crippen LogP contribution in [0.25, 0.3) is 0 Å². The largest absolute Gasteiger partial charge is 0.371 e. The molecule has 0 saturated carbocycles. The minimum atomic E-state index is 1.18. The summed E-state index contributed by atoms with van der Waals surface area (Å²) in [6, 6.07) is 10.7. The molecule has 0 heterocycles. The van der Waals surface area contributed by atoms with Crippen LogP contribution in [0.5, 0.6) is 0 Å². The molecule has 1 rings (SSSR count). The molecule has 3 heteroatoms. The highest BCUT2D eigenvalue weighted by Gasteiger charge is 2.04. The van der Waals surface area contributed by atoms with Crippen molar-refractivity contribution in [3.05, 3.63) is 30.3 Å². The summed E-state index contributed by atoms with van der Waals surface area (Å²) in [6.45, 7) is 2.37. The number of para-hydroxylation sites is 1. The Labute approximate surface area is 120 Å². The van der Waals surface area contributed by atoms with Crippen LogP contribution in [-0.2, 0) is 0 Å². The number of alkyl halides is 2. The topological polar surface area (TPSA) is 3.24 Å². The molecule has 0 aromatic heterocycles. The van der Waals surface area contributed by atoms with Gasteiger partial charge in [-0.15, -0.1) is 0 Å². The van der Waals surface area contributed by atoms with Crippen molar-refractivity contribution >= 4 is 50.9 Å². The van der Waals surface area contributed by atoms with Gasteiger partial charge in [0.15, 0.2) is 0 Å². The maximum atomic E-state index is 2.50. The van der Waals surface area contributed by atoms with Crippen molar-refractivity contribution in [1.29, 1.82) is 0 Å². The number of benzene rings is 1. The number of rotatable bonds is 7. The monoisotopic (exact) mass is 429 g/mol. The van der Waals surface area contributed by atoms with Crippen LogP contribution < -0.4 is 4.90 Å². The van der Waals surface area contributed by atoms with Crippen LogP contribution >= 0.6 is 45.2 Å². The van der Waals surface area contributed by atoms with E-state index >= 15 is 0 Å². The van der Waals surface area contributed by atoms with E-state index in [1.54, 1.807) is 0 Å². The van der Waals surface area contributed by atoms with Gasteiger partial charge >= 0.3 is 0 Å². The molecule has 15 heavy (non-hydrogen) atoms. The summed E-state index contributed by atoms with van der Waals surface area (Å²) in [7, 11) is 0. The van der Waals surface area contributed by atoms with Crippen molar-refractivity contribution < 1.29 is 0 Å². The third-order valence-corrected chi connectivity index (χ3v) is 3.77. The Hall–Kier alpha value is 0.480. The lowest BCUT2D eigenvalue weighted by Crippen LogP contribution is -2.26. The zero-order valence-corrected chi connectivity index (χ0v) is 13.1. The molecule has 0 unspecified atom stereocenters. The molecule has 1 nitrogen and oxygen atoms in total. The van der Waals surface area contributed by atoms with Gasteiger partial charge in [0, 0.05) is 27.6 Å². The number of anilines is 1. The lowest BCUT2D eigenvalue weighted by Gasteiger charge is -2.24. The van der Waals surface area contributed by atoms with E-state index in [-0.39, 0.29) is 0 Å². The van der Waals surface area contributed by atoms with E-state index in [9.17, 15) is 0 Å². The summed E-state index contributed by atoms with van der Waals surface area (Å²) in [6.07, 6.45) is 2.55. The van der Waals surface area contributed by atoms with Crippen LogP contribution in [0.1, 0.15) is 12.8 Å². The molecular formula is C12H17I2N. The third-order valence-electron chi connectivity index (χ3n) is 2.24. The number of nitrogens with zero attached hydrogens (tertiary/aromatic N) is 1. The Morgan fingerprint density at radius 3 is 1.87 bits per heavy atom. The molecule has 0 aliphatic heterocycles.